The van der Waals surface area contributed by atoms with Gasteiger partial charge in [0.2, 0.25) is 0 Å². The van der Waals surface area contributed by atoms with E-state index >= 15 is 0 Å². The van der Waals surface area contributed by atoms with Gasteiger partial charge in [-0.3, -0.25) is 0 Å². The van der Waals surface area contributed by atoms with Crippen LogP contribution in [0.15, 0.2) is 33.8 Å². The molecule has 0 bridgehead atoms. The summed E-state index contributed by atoms with van der Waals surface area (Å²) in [6.45, 7) is 0.303. The van der Waals surface area contributed by atoms with E-state index in [1.165, 1.54) is 36.1 Å². The summed E-state index contributed by atoms with van der Waals surface area (Å²) in [6, 6.07) is 7.37. The van der Waals surface area contributed by atoms with E-state index in [0.29, 0.717) is 23.3 Å². The smallest absolute Gasteiger partial charge is 0.198 e. The van der Waals surface area contributed by atoms with Crippen LogP contribution < -0.4 is 4.74 Å². The average molecular weight is 380 g/mol. The van der Waals surface area contributed by atoms with Gasteiger partial charge in [-0.25, -0.2) is 4.98 Å². The molecule has 0 radical (unpaired) electrons. The molecule has 1 aromatic carbocycles. The second-order valence-corrected chi connectivity index (χ2v) is 7.85. The number of benzene rings is 1. The van der Waals surface area contributed by atoms with Crippen molar-refractivity contribution in [2.75, 3.05) is 0 Å². The molecule has 24 heavy (non-hydrogen) atoms. The largest absolute Gasteiger partial charge is 0.484 e. The van der Waals surface area contributed by atoms with Crippen LogP contribution in [0.25, 0.3) is 0 Å². The molecule has 2 heterocycles. The zero-order valence-corrected chi connectivity index (χ0v) is 15.2. The van der Waals surface area contributed by atoms with Crippen molar-refractivity contribution in [3.05, 3.63) is 40.9 Å². The summed E-state index contributed by atoms with van der Waals surface area (Å²) in [5, 5.41) is 9.76. The van der Waals surface area contributed by atoms with E-state index < -0.39 is 0 Å². The predicted octanol–water partition coefficient (Wildman–Crippen LogP) is 3.93. The summed E-state index contributed by atoms with van der Waals surface area (Å²) < 4.78 is 12.9. The first-order valence-electron chi connectivity index (χ1n) is 7.48. The van der Waals surface area contributed by atoms with Gasteiger partial charge < -0.3 is 9.30 Å². The van der Waals surface area contributed by atoms with Gasteiger partial charge in [-0.15, -0.1) is 10.2 Å². The maximum absolute atomic E-state index is 6.09. The maximum atomic E-state index is 6.09. The number of hydrogen-bond donors (Lipinski definition) is 0. The van der Waals surface area contributed by atoms with Gasteiger partial charge in [-0.05, 0) is 48.3 Å². The standard InChI is InChI=1S/C15H14ClN5OS2/c1-21-12(8-22-11-5-3-2-4-10(11)16)18-19-14(21)23-15-17-13(20-24-15)9-6-7-9/h2-5,9H,6-8H2,1H3. The fraction of sp³-hybridized carbons (Fsp3) is 0.333. The molecule has 0 aliphatic heterocycles. The molecule has 1 aliphatic carbocycles. The van der Waals surface area contributed by atoms with E-state index in [9.17, 15) is 0 Å². The monoisotopic (exact) mass is 379 g/mol. The zero-order chi connectivity index (χ0) is 16.5. The number of ether oxygens (including phenoxy) is 1. The lowest BCUT2D eigenvalue weighted by Gasteiger charge is -2.07. The molecule has 0 saturated heterocycles. The maximum Gasteiger partial charge on any atom is 0.198 e. The Balaban J connectivity index is 1.43. The van der Waals surface area contributed by atoms with Crippen LogP contribution in [0.5, 0.6) is 5.75 Å². The first kappa shape index (κ1) is 15.9. The highest BCUT2D eigenvalue weighted by Gasteiger charge is 2.28. The second kappa shape index (κ2) is 6.70. The lowest BCUT2D eigenvalue weighted by atomic mass is 10.3. The molecule has 1 fully saturated rings. The van der Waals surface area contributed by atoms with Crippen LogP contribution in [0.1, 0.15) is 30.4 Å². The van der Waals surface area contributed by atoms with E-state index in [0.717, 1.165) is 21.1 Å². The van der Waals surface area contributed by atoms with Gasteiger partial charge >= 0.3 is 0 Å². The van der Waals surface area contributed by atoms with Crippen molar-refractivity contribution in [2.45, 2.75) is 34.9 Å². The van der Waals surface area contributed by atoms with Crippen molar-refractivity contribution < 1.29 is 4.74 Å². The van der Waals surface area contributed by atoms with Crippen molar-refractivity contribution in [2.24, 2.45) is 7.05 Å². The fourth-order valence-corrected chi connectivity index (χ4v) is 3.90. The molecule has 0 spiro atoms. The summed E-state index contributed by atoms with van der Waals surface area (Å²) in [7, 11) is 1.91. The second-order valence-electron chi connectivity index (χ2n) is 5.47. The Labute approximate surface area is 152 Å². The average Bonchev–Trinajstić information content (AvgIpc) is 3.24. The summed E-state index contributed by atoms with van der Waals surface area (Å²) in [5.74, 6) is 2.89. The lowest BCUT2D eigenvalue weighted by Crippen LogP contribution is -2.04. The Bertz CT molecular complexity index is 861. The topological polar surface area (TPSA) is 65.7 Å². The van der Waals surface area contributed by atoms with Gasteiger partial charge in [-0.1, -0.05) is 23.7 Å². The van der Waals surface area contributed by atoms with Crippen molar-refractivity contribution in [1.82, 2.24) is 24.1 Å². The molecule has 0 unspecified atom stereocenters. The van der Waals surface area contributed by atoms with Crippen molar-refractivity contribution in [3.63, 3.8) is 0 Å². The molecule has 124 valence electrons. The van der Waals surface area contributed by atoms with Gasteiger partial charge in [0.05, 0.1) is 5.02 Å². The molecule has 0 N–H and O–H groups in total. The minimum atomic E-state index is 0.303. The summed E-state index contributed by atoms with van der Waals surface area (Å²) >= 11 is 8.98. The third-order valence-electron chi connectivity index (χ3n) is 3.66. The van der Waals surface area contributed by atoms with Gasteiger partial charge in [-0.2, -0.15) is 4.37 Å². The van der Waals surface area contributed by atoms with Gasteiger partial charge in [0.25, 0.3) is 0 Å². The number of aromatic nitrogens is 5. The Morgan fingerprint density at radius 2 is 2.17 bits per heavy atom. The third kappa shape index (κ3) is 3.40. The van der Waals surface area contributed by atoms with Crippen LogP contribution in [0.2, 0.25) is 5.02 Å². The first-order valence-corrected chi connectivity index (χ1v) is 9.44. The fourth-order valence-electron chi connectivity index (χ4n) is 2.11. The van der Waals surface area contributed by atoms with Gasteiger partial charge in [0.15, 0.2) is 15.3 Å². The minimum absolute atomic E-state index is 0.303. The number of para-hydroxylation sites is 1. The number of nitrogens with zero attached hydrogens (tertiary/aromatic N) is 5. The first-order chi connectivity index (χ1) is 11.7. The normalized spacial score (nSPS) is 14.1. The highest BCUT2D eigenvalue weighted by Crippen LogP contribution is 2.40. The van der Waals surface area contributed by atoms with E-state index in [1.54, 1.807) is 6.07 Å². The quantitative estimate of drug-likeness (QED) is 0.646. The van der Waals surface area contributed by atoms with Crippen molar-refractivity contribution >= 4 is 34.9 Å². The van der Waals surface area contributed by atoms with Gasteiger partial charge in [0.1, 0.15) is 18.2 Å². The van der Waals surface area contributed by atoms with Crippen LogP contribution in [0.4, 0.5) is 0 Å². The highest BCUT2D eigenvalue weighted by atomic mass is 35.5. The van der Waals surface area contributed by atoms with Crippen LogP contribution in [-0.2, 0) is 13.7 Å². The molecule has 6 nitrogen and oxygen atoms in total. The molecule has 0 amide bonds. The Kier molecular flexibility index (Phi) is 4.43. The molecule has 1 aliphatic rings. The van der Waals surface area contributed by atoms with Crippen molar-refractivity contribution in [1.29, 1.82) is 0 Å². The van der Waals surface area contributed by atoms with Crippen LogP contribution in [-0.4, -0.2) is 24.1 Å². The molecule has 9 heteroatoms. The summed E-state index contributed by atoms with van der Waals surface area (Å²) in [6.07, 6.45) is 2.41. The van der Waals surface area contributed by atoms with Gasteiger partial charge in [0, 0.05) is 13.0 Å². The van der Waals surface area contributed by atoms with Crippen LogP contribution in [0.3, 0.4) is 0 Å². The molecule has 3 aromatic rings. The highest BCUT2D eigenvalue weighted by molar-refractivity contribution is 8.00. The van der Waals surface area contributed by atoms with Crippen LogP contribution >= 0.6 is 34.9 Å². The van der Waals surface area contributed by atoms with E-state index in [-0.39, 0.29) is 0 Å². The van der Waals surface area contributed by atoms with E-state index in [4.69, 9.17) is 16.3 Å². The summed E-state index contributed by atoms with van der Waals surface area (Å²) in [5.41, 5.74) is 0. The summed E-state index contributed by atoms with van der Waals surface area (Å²) in [4.78, 5) is 4.56. The molecule has 0 atom stereocenters. The lowest BCUT2D eigenvalue weighted by molar-refractivity contribution is 0.290. The molecule has 4 rings (SSSR count). The molecular formula is C15H14ClN5OS2. The van der Waals surface area contributed by atoms with E-state index in [1.807, 2.05) is 29.8 Å². The van der Waals surface area contributed by atoms with Crippen molar-refractivity contribution in [3.8, 4) is 5.75 Å². The SMILES string of the molecule is Cn1c(COc2ccccc2Cl)nnc1Sc1nc(C2CC2)ns1. The van der Waals surface area contributed by atoms with E-state index in [2.05, 4.69) is 19.6 Å². The molecule has 1 saturated carbocycles. The zero-order valence-electron chi connectivity index (χ0n) is 12.8. The number of halogens is 1. The minimum Gasteiger partial charge on any atom is -0.484 e. The molecule has 2 aromatic heterocycles. The predicted molar refractivity (Wildman–Crippen MR) is 92.8 cm³/mol. The van der Waals surface area contributed by atoms with Crippen LogP contribution in [0, 0.1) is 0 Å². The Morgan fingerprint density at radius 1 is 1.33 bits per heavy atom. The molecular weight excluding hydrogens is 366 g/mol. The third-order valence-corrected chi connectivity index (χ3v) is 5.78. The Hall–Kier alpha value is -1.64. The Morgan fingerprint density at radius 3 is 2.96 bits per heavy atom. The number of hydrogen-bond acceptors (Lipinski definition) is 7. The number of rotatable bonds is 6.